The first kappa shape index (κ1) is 18.1. The molecule has 7 nitrogen and oxygen atoms in total. The second-order valence-corrected chi connectivity index (χ2v) is 6.51. The van der Waals surface area contributed by atoms with Crippen molar-refractivity contribution in [3.63, 3.8) is 0 Å². The summed E-state index contributed by atoms with van der Waals surface area (Å²) in [4.78, 5) is 2.09. The van der Waals surface area contributed by atoms with Gasteiger partial charge in [-0.3, -0.25) is 16.1 Å². The minimum absolute atomic E-state index is 0.0901. The van der Waals surface area contributed by atoms with Gasteiger partial charge in [0, 0.05) is 34.1 Å². The Labute approximate surface area is 156 Å². The fourth-order valence-electron chi connectivity index (χ4n) is 3.10. The number of rotatable bonds is 2. The van der Waals surface area contributed by atoms with Crippen LogP contribution in [-0.4, -0.2) is 29.1 Å². The molecule has 0 radical (unpaired) electrons. The van der Waals surface area contributed by atoms with Gasteiger partial charge in [0.1, 0.15) is 5.84 Å². The molecule has 2 aromatic carbocycles. The Kier molecular flexibility index (Phi) is 5.03. The summed E-state index contributed by atoms with van der Waals surface area (Å²) in [6.07, 6.45) is 0. The van der Waals surface area contributed by atoms with Crippen LogP contribution in [0.3, 0.4) is 0 Å². The van der Waals surface area contributed by atoms with E-state index in [4.69, 9.17) is 33.8 Å². The number of hydrogen-bond acceptors (Lipinski definition) is 6. The van der Waals surface area contributed by atoms with Gasteiger partial charge in [0.2, 0.25) is 0 Å². The van der Waals surface area contributed by atoms with E-state index in [0.29, 0.717) is 29.4 Å². The van der Waals surface area contributed by atoms with Crippen molar-refractivity contribution in [2.24, 2.45) is 11.6 Å². The Hall–Kier alpha value is -2.74. The van der Waals surface area contributed by atoms with Gasteiger partial charge in [-0.2, -0.15) is 0 Å². The number of benzene rings is 2. The molecule has 26 heavy (non-hydrogen) atoms. The summed E-state index contributed by atoms with van der Waals surface area (Å²) in [5.74, 6) is 6.15. The predicted molar refractivity (Wildman–Crippen MR) is 104 cm³/mol. The fourth-order valence-corrected chi connectivity index (χ4v) is 3.22. The molecule has 0 aromatic heterocycles. The van der Waals surface area contributed by atoms with Crippen LogP contribution in [0.5, 0.6) is 0 Å². The smallest absolute Gasteiger partial charge is 0.149 e. The first-order valence-electron chi connectivity index (χ1n) is 8.07. The van der Waals surface area contributed by atoms with E-state index >= 15 is 0 Å². The maximum absolute atomic E-state index is 9.08. The Morgan fingerprint density at radius 3 is 2.50 bits per heavy atom. The average molecular weight is 373 g/mol. The molecule has 1 aliphatic heterocycles. The van der Waals surface area contributed by atoms with Crippen LogP contribution in [0.4, 0.5) is 11.4 Å². The number of fused-ring (bicyclic) bond motifs is 1. The summed E-state index contributed by atoms with van der Waals surface area (Å²) in [5, 5.41) is 19.2. The van der Waals surface area contributed by atoms with Gasteiger partial charge >= 0.3 is 0 Å². The molecule has 3 rings (SSSR count). The molecule has 0 saturated carbocycles. The fraction of sp³-hybridized carbons (Fsp3) is 0.167. The highest BCUT2D eigenvalue weighted by Gasteiger charge is 2.25. The Morgan fingerprint density at radius 2 is 1.88 bits per heavy atom. The molecule has 0 aliphatic carbocycles. The first-order chi connectivity index (χ1) is 12.4. The lowest BCUT2D eigenvalue weighted by Crippen LogP contribution is -2.34. The molecular formula is C18H21ClN6O. The molecule has 1 heterocycles. The molecule has 7 N–H and O–H groups in total. The number of hydrogen-bond donors (Lipinski definition) is 5. The molecule has 0 fully saturated rings. The standard InChI is InChI=1S/C18H21ClN6O/c1-11(20)17-15-7-2-12(18(21)23-26)10-16(15)24(8-9-25(17)22)14-5-3-13(19)4-6-14/h2-7,10,26H,8-9,20,22H2,1H3,(H2,21,23)/b17-11-. The number of allylic oxidation sites excluding steroid dienone is 1. The van der Waals surface area contributed by atoms with Crippen molar-refractivity contribution in [1.82, 2.24) is 10.5 Å². The van der Waals surface area contributed by atoms with Crippen molar-refractivity contribution in [1.29, 1.82) is 5.41 Å². The number of halogens is 1. The van der Waals surface area contributed by atoms with Gasteiger partial charge in [0.15, 0.2) is 0 Å². The van der Waals surface area contributed by atoms with Crippen LogP contribution in [0.2, 0.25) is 5.02 Å². The summed E-state index contributed by atoms with van der Waals surface area (Å²) in [7, 11) is 0. The number of nitrogens with zero attached hydrogens (tertiary/aromatic N) is 2. The molecule has 8 heteroatoms. The third-order valence-corrected chi connectivity index (χ3v) is 4.56. The molecular weight excluding hydrogens is 352 g/mol. The van der Waals surface area contributed by atoms with Crippen molar-refractivity contribution in [2.75, 3.05) is 18.0 Å². The van der Waals surface area contributed by atoms with Crippen LogP contribution in [0.25, 0.3) is 5.70 Å². The van der Waals surface area contributed by atoms with E-state index in [9.17, 15) is 0 Å². The van der Waals surface area contributed by atoms with E-state index < -0.39 is 0 Å². The third kappa shape index (κ3) is 3.32. The maximum atomic E-state index is 9.08. The van der Waals surface area contributed by atoms with Crippen LogP contribution in [0, 0.1) is 5.41 Å². The molecule has 0 atom stereocenters. The molecule has 0 amide bonds. The number of anilines is 2. The predicted octanol–water partition coefficient (Wildman–Crippen LogP) is 2.62. The summed E-state index contributed by atoms with van der Waals surface area (Å²) >= 11 is 6.02. The van der Waals surface area contributed by atoms with Gasteiger partial charge in [0.05, 0.1) is 17.9 Å². The lowest BCUT2D eigenvalue weighted by molar-refractivity contribution is 0.234. The Bertz CT molecular complexity index is 860. The van der Waals surface area contributed by atoms with E-state index in [2.05, 4.69) is 4.90 Å². The van der Waals surface area contributed by atoms with Crippen LogP contribution in [-0.2, 0) is 0 Å². The molecule has 136 valence electrons. The van der Waals surface area contributed by atoms with Crippen LogP contribution >= 0.6 is 11.6 Å². The number of nitrogens with one attached hydrogen (secondary N) is 2. The lowest BCUT2D eigenvalue weighted by atomic mass is 10.0. The van der Waals surface area contributed by atoms with Gasteiger partial charge in [-0.1, -0.05) is 17.7 Å². The molecule has 0 bridgehead atoms. The maximum Gasteiger partial charge on any atom is 0.149 e. The molecule has 1 aliphatic rings. The Balaban J connectivity index is 2.22. The average Bonchev–Trinajstić information content (AvgIpc) is 2.77. The SMILES string of the molecule is C/C(N)=C1\c2ccc(C(=N)NO)cc2N(c2ccc(Cl)cc2)CCN1N. The number of hydroxylamine groups is 1. The minimum Gasteiger partial charge on any atom is -0.401 e. The molecule has 0 saturated heterocycles. The summed E-state index contributed by atoms with van der Waals surface area (Å²) in [6, 6.07) is 12.9. The monoisotopic (exact) mass is 372 g/mol. The van der Waals surface area contributed by atoms with Gasteiger partial charge in [0.25, 0.3) is 0 Å². The van der Waals surface area contributed by atoms with Gasteiger partial charge in [-0.15, -0.1) is 0 Å². The largest absolute Gasteiger partial charge is 0.401 e. The van der Waals surface area contributed by atoms with E-state index in [0.717, 1.165) is 22.6 Å². The zero-order valence-corrected chi connectivity index (χ0v) is 15.1. The van der Waals surface area contributed by atoms with Gasteiger partial charge < -0.3 is 15.6 Å². The van der Waals surface area contributed by atoms with Crippen molar-refractivity contribution >= 4 is 34.5 Å². The van der Waals surface area contributed by atoms with Crippen molar-refractivity contribution < 1.29 is 5.21 Å². The summed E-state index contributed by atoms with van der Waals surface area (Å²) in [5.41, 5.74) is 12.5. The van der Waals surface area contributed by atoms with Crippen LogP contribution in [0.1, 0.15) is 18.1 Å². The number of hydrazine groups is 1. The first-order valence-corrected chi connectivity index (χ1v) is 8.45. The molecule has 0 spiro atoms. The highest BCUT2D eigenvalue weighted by molar-refractivity contribution is 6.30. The van der Waals surface area contributed by atoms with Crippen molar-refractivity contribution in [3.8, 4) is 0 Å². The van der Waals surface area contributed by atoms with E-state index in [1.165, 1.54) is 0 Å². The topological polar surface area (TPSA) is 115 Å². The second-order valence-electron chi connectivity index (χ2n) is 6.07. The van der Waals surface area contributed by atoms with E-state index in [1.54, 1.807) is 11.1 Å². The number of nitrogens with two attached hydrogens (primary N) is 2. The van der Waals surface area contributed by atoms with Crippen LogP contribution < -0.4 is 22.0 Å². The Morgan fingerprint density at radius 1 is 1.19 bits per heavy atom. The highest BCUT2D eigenvalue weighted by atomic mass is 35.5. The quantitative estimate of drug-likeness (QED) is 0.239. The minimum atomic E-state index is -0.0901. The normalized spacial score (nSPS) is 16.0. The lowest BCUT2D eigenvalue weighted by Gasteiger charge is -2.25. The van der Waals surface area contributed by atoms with E-state index in [-0.39, 0.29) is 5.84 Å². The van der Waals surface area contributed by atoms with E-state index in [1.807, 2.05) is 48.8 Å². The van der Waals surface area contributed by atoms with Crippen LogP contribution in [0.15, 0.2) is 48.2 Å². The zero-order valence-electron chi connectivity index (χ0n) is 14.3. The number of amidine groups is 1. The van der Waals surface area contributed by atoms with Crippen molar-refractivity contribution in [3.05, 3.63) is 64.3 Å². The highest BCUT2D eigenvalue weighted by Crippen LogP contribution is 2.37. The van der Waals surface area contributed by atoms with Gasteiger partial charge in [-0.25, -0.2) is 5.84 Å². The third-order valence-electron chi connectivity index (χ3n) is 4.31. The van der Waals surface area contributed by atoms with Crippen molar-refractivity contribution in [2.45, 2.75) is 6.92 Å². The zero-order chi connectivity index (χ0) is 18.8. The van der Waals surface area contributed by atoms with Gasteiger partial charge in [-0.05, 0) is 43.3 Å². The summed E-state index contributed by atoms with van der Waals surface area (Å²) < 4.78 is 0. The molecule has 2 aromatic rings. The summed E-state index contributed by atoms with van der Waals surface area (Å²) in [6.45, 7) is 2.99. The molecule has 0 unspecified atom stereocenters. The second kappa shape index (κ2) is 7.25.